The topological polar surface area (TPSA) is 226 Å². The van der Waals surface area contributed by atoms with Gasteiger partial charge in [0.05, 0.1) is 12.4 Å². The van der Waals surface area contributed by atoms with E-state index in [4.69, 9.17) is 11.5 Å². The normalized spacial score (nSPS) is 13.7. The molecule has 0 aliphatic carbocycles. The minimum atomic E-state index is -1.31. The van der Waals surface area contributed by atoms with Crippen LogP contribution in [0.2, 0.25) is 0 Å². The molecule has 4 atom stereocenters. The molecule has 0 saturated carbocycles. The number of rotatable bonds is 17. The Labute approximate surface area is 249 Å². The third kappa shape index (κ3) is 10.9. The van der Waals surface area contributed by atoms with E-state index >= 15 is 0 Å². The van der Waals surface area contributed by atoms with Gasteiger partial charge in [0.25, 0.3) is 0 Å². The summed E-state index contributed by atoms with van der Waals surface area (Å²) in [7, 11) is 0. The van der Waals surface area contributed by atoms with Crippen LogP contribution in [0.15, 0.2) is 67.1 Å². The maximum absolute atomic E-state index is 13.6. The Morgan fingerprint density at radius 1 is 0.791 bits per heavy atom. The molecule has 0 aliphatic rings. The first-order valence-corrected chi connectivity index (χ1v) is 14.0. The monoisotopic (exact) mass is 593 g/mol. The fraction of sp³-hybridized carbons (Fsp3) is 0.367. The maximum atomic E-state index is 13.6. The maximum Gasteiger partial charge on any atom is 0.326 e. The molecule has 1 heterocycles. The Morgan fingerprint density at radius 3 is 1.98 bits per heavy atom. The first-order chi connectivity index (χ1) is 20.7. The van der Waals surface area contributed by atoms with Gasteiger partial charge in [0.2, 0.25) is 17.7 Å². The molecule has 0 radical (unpaired) electrons. The van der Waals surface area contributed by atoms with Gasteiger partial charge in [-0.05, 0) is 42.6 Å². The first-order valence-electron chi connectivity index (χ1n) is 14.0. The largest absolute Gasteiger partial charge is 0.508 e. The lowest BCUT2D eigenvalue weighted by molar-refractivity contribution is -0.142. The number of hydrogen-bond acceptors (Lipinski definition) is 8. The van der Waals surface area contributed by atoms with Gasteiger partial charge in [-0.1, -0.05) is 48.9 Å². The van der Waals surface area contributed by atoms with Gasteiger partial charge >= 0.3 is 5.97 Å². The van der Waals surface area contributed by atoms with E-state index in [1.54, 1.807) is 36.4 Å². The van der Waals surface area contributed by atoms with Gasteiger partial charge in [0, 0.05) is 31.2 Å². The van der Waals surface area contributed by atoms with Crippen molar-refractivity contribution in [3.8, 4) is 5.75 Å². The molecule has 3 aromatic rings. The summed E-state index contributed by atoms with van der Waals surface area (Å²) < 4.78 is 0. The second-order valence-electron chi connectivity index (χ2n) is 10.3. The van der Waals surface area contributed by atoms with Crippen molar-refractivity contribution < 1.29 is 29.4 Å². The Morgan fingerprint density at radius 2 is 1.37 bits per heavy atom. The van der Waals surface area contributed by atoms with Gasteiger partial charge < -0.3 is 42.6 Å². The summed E-state index contributed by atoms with van der Waals surface area (Å²) in [6.45, 7) is 0.474. The fourth-order valence-corrected chi connectivity index (χ4v) is 4.42. The number of unbranched alkanes of at least 4 members (excludes halogenated alkanes) is 1. The summed E-state index contributed by atoms with van der Waals surface area (Å²) >= 11 is 0. The number of carbonyl (C=O) groups excluding carboxylic acids is 3. The number of aromatic amines is 1. The molecular weight excluding hydrogens is 554 g/mol. The average molecular weight is 594 g/mol. The minimum absolute atomic E-state index is 0.0265. The molecular formula is C30H39N7O6. The Balaban J connectivity index is 1.79. The summed E-state index contributed by atoms with van der Waals surface area (Å²) in [5.74, 6) is -3.13. The third-order valence-corrected chi connectivity index (χ3v) is 6.82. The smallest absolute Gasteiger partial charge is 0.326 e. The molecule has 1 aromatic heterocycles. The molecule has 10 N–H and O–H groups in total. The zero-order valence-electron chi connectivity index (χ0n) is 23.7. The molecule has 3 rings (SSSR count). The number of nitrogens with one attached hydrogen (secondary N) is 4. The second-order valence-corrected chi connectivity index (χ2v) is 10.3. The van der Waals surface area contributed by atoms with Crippen LogP contribution in [-0.2, 0) is 38.4 Å². The predicted molar refractivity (Wildman–Crippen MR) is 159 cm³/mol. The van der Waals surface area contributed by atoms with Gasteiger partial charge in [0.1, 0.15) is 23.9 Å². The summed E-state index contributed by atoms with van der Waals surface area (Å²) in [5, 5.41) is 27.3. The summed E-state index contributed by atoms with van der Waals surface area (Å²) in [4.78, 5) is 58.9. The molecule has 13 heteroatoms. The van der Waals surface area contributed by atoms with E-state index in [1.807, 2.05) is 6.07 Å². The van der Waals surface area contributed by atoms with Crippen molar-refractivity contribution in [3.05, 3.63) is 83.9 Å². The molecule has 0 aliphatic heterocycles. The van der Waals surface area contributed by atoms with Crippen molar-refractivity contribution in [2.45, 2.75) is 62.7 Å². The number of phenolic OH excluding ortho intramolecular Hbond substituents is 1. The molecule has 4 unspecified atom stereocenters. The Hall–Kier alpha value is -4.75. The van der Waals surface area contributed by atoms with Gasteiger partial charge in [-0.25, -0.2) is 9.78 Å². The number of aliphatic carboxylic acids is 1. The van der Waals surface area contributed by atoms with E-state index in [-0.39, 0.29) is 25.0 Å². The molecule has 0 fully saturated rings. The lowest BCUT2D eigenvalue weighted by atomic mass is 10.0. The van der Waals surface area contributed by atoms with Crippen LogP contribution in [0.3, 0.4) is 0 Å². The van der Waals surface area contributed by atoms with Gasteiger partial charge in [0.15, 0.2) is 0 Å². The highest BCUT2D eigenvalue weighted by Crippen LogP contribution is 2.12. The number of amides is 3. The molecule has 3 amide bonds. The third-order valence-electron chi connectivity index (χ3n) is 6.82. The van der Waals surface area contributed by atoms with E-state index in [2.05, 4.69) is 25.9 Å². The standard InChI is InChI=1S/C30H39N7O6/c31-13-5-4-8-23(32)27(39)35-25(16-21-17-33-18-34-21)29(41)36-24(14-19-6-2-1-3-7-19)28(40)37-26(30(42)43)15-20-9-11-22(38)12-10-20/h1-3,6-7,9-12,17-18,23-26,38H,4-5,8,13-16,31-32H2,(H,33,34)(H,35,39)(H,36,41)(H,37,40)(H,42,43). The van der Waals surface area contributed by atoms with E-state index in [1.165, 1.54) is 24.7 Å². The number of nitrogens with zero attached hydrogens (tertiary/aromatic N) is 1. The highest BCUT2D eigenvalue weighted by atomic mass is 16.4. The lowest BCUT2D eigenvalue weighted by Gasteiger charge is -2.25. The number of nitrogens with two attached hydrogens (primary N) is 2. The fourth-order valence-electron chi connectivity index (χ4n) is 4.42. The highest BCUT2D eigenvalue weighted by molar-refractivity contribution is 5.94. The van der Waals surface area contributed by atoms with E-state index in [0.29, 0.717) is 37.1 Å². The Bertz CT molecular complexity index is 1320. The van der Waals surface area contributed by atoms with E-state index in [9.17, 15) is 29.4 Å². The van der Waals surface area contributed by atoms with Crippen LogP contribution in [0.4, 0.5) is 0 Å². The molecule has 2 aromatic carbocycles. The van der Waals surface area contributed by atoms with Gasteiger partial charge in [-0.3, -0.25) is 14.4 Å². The first kappa shape index (κ1) is 32.8. The van der Waals surface area contributed by atoms with E-state index in [0.717, 1.165) is 5.56 Å². The number of hydrogen-bond donors (Lipinski definition) is 8. The summed E-state index contributed by atoms with van der Waals surface area (Å²) in [6.07, 6.45) is 4.76. The zero-order valence-corrected chi connectivity index (χ0v) is 23.7. The highest BCUT2D eigenvalue weighted by Gasteiger charge is 2.31. The lowest BCUT2D eigenvalue weighted by Crippen LogP contribution is -2.58. The average Bonchev–Trinajstić information content (AvgIpc) is 3.51. The van der Waals surface area contributed by atoms with E-state index < -0.39 is 47.9 Å². The number of imidazole rings is 1. The number of phenols is 1. The number of carbonyl (C=O) groups is 4. The van der Waals surface area contributed by atoms with Crippen LogP contribution in [0, 0.1) is 0 Å². The summed E-state index contributed by atoms with van der Waals surface area (Å²) in [5.41, 5.74) is 13.5. The van der Waals surface area contributed by atoms with Gasteiger partial charge in [-0.15, -0.1) is 0 Å². The van der Waals surface area contributed by atoms with Crippen LogP contribution < -0.4 is 27.4 Å². The number of H-pyrrole nitrogens is 1. The van der Waals surface area contributed by atoms with Crippen molar-refractivity contribution in [1.82, 2.24) is 25.9 Å². The van der Waals surface area contributed by atoms with Crippen LogP contribution in [-0.4, -0.2) is 74.6 Å². The minimum Gasteiger partial charge on any atom is -0.508 e. The number of aromatic nitrogens is 2. The van der Waals surface area contributed by atoms with Crippen LogP contribution in [0.5, 0.6) is 5.75 Å². The van der Waals surface area contributed by atoms with Crippen LogP contribution in [0.1, 0.15) is 36.1 Å². The number of aromatic hydroxyl groups is 1. The van der Waals surface area contributed by atoms with Crippen molar-refractivity contribution in [3.63, 3.8) is 0 Å². The quantitative estimate of drug-likeness (QED) is 0.0995. The zero-order chi connectivity index (χ0) is 31.2. The van der Waals surface area contributed by atoms with Crippen molar-refractivity contribution >= 4 is 23.7 Å². The molecule has 230 valence electrons. The number of benzene rings is 2. The Kier molecular flexibility index (Phi) is 12.7. The van der Waals surface area contributed by atoms with Gasteiger partial charge in [-0.2, -0.15) is 0 Å². The molecule has 0 saturated heterocycles. The SMILES string of the molecule is NCCCCC(N)C(=O)NC(Cc1cnc[nH]1)C(=O)NC(Cc1ccccc1)C(=O)NC(Cc1ccc(O)cc1)C(=O)O. The summed E-state index contributed by atoms with van der Waals surface area (Å²) in [6, 6.07) is 10.5. The second kappa shape index (κ2) is 16.6. The van der Waals surface area contributed by atoms with Crippen LogP contribution >= 0.6 is 0 Å². The predicted octanol–water partition coefficient (Wildman–Crippen LogP) is 0.139. The van der Waals surface area contributed by atoms with Crippen molar-refractivity contribution in [2.24, 2.45) is 11.5 Å². The molecule has 43 heavy (non-hydrogen) atoms. The van der Waals surface area contributed by atoms with Crippen molar-refractivity contribution in [2.75, 3.05) is 6.54 Å². The number of carboxylic acids is 1. The molecule has 0 spiro atoms. The van der Waals surface area contributed by atoms with Crippen LogP contribution in [0.25, 0.3) is 0 Å². The van der Waals surface area contributed by atoms with Crippen molar-refractivity contribution in [1.29, 1.82) is 0 Å². The molecule has 0 bridgehead atoms. The number of carboxylic acid groups (broad SMARTS) is 1. The molecule has 13 nitrogen and oxygen atoms in total.